The SMILES string of the molecule is CC1C2CN3c4ccn5ncc(c5n4)C(=O)N[C@H](C)CCc4ncc(F)cc4[C@H]3C12. The van der Waals surface area contributed by atoms with Crippen LogP contribution in [0.25, 0.3) is 5.65 Å². The molecule has 1 aliphatic carbocycles. The van der Waals surface area contributed by atoms with Gasteiger partial charge < -0.3 is 10.2 Å². The monoisotopic (exact) mass is 406 g/mol. The number of pyridine rings is 1. The van der Waals surface area contributed by atoms with Crippen LogP contribution >= 0.6 is 0 Å². The standard InChI is InChI=1S/C22H23FN6O/c1-11-3-4-17-14(7-13(23)8-24-17)20-19-12(2)16(19)10-28(20)18-5-6-29-21(27-18)15(9-25-29)22(30)26-11/h5-9,11-12,16,19-20H,3-4,10H2,1-2H3,(H,26,30)/t11-,12?,16?,19?,20+/m1/s1. The van der Waals surface area contributed by atoms with E-state index in [1.807, 2.05) is 19.2 Å². The summed E-state index contributed by atoms with van der Waals surface area (Å²) in [4.78, 5) is 24.4. The van der Waals surface area contributed by atoms with Crippen LogP contribution in [0.2, 0.25) is 0 Å². The number of hydrogen-bond acceptors (Lipinski definition) is 5. The summed E-state index contributed by atoms with van der Waals surface area (Å²) < 4.78 is 15.9. The maximum absolute atomic E-state index is 14.3. The predicted molar refractivity (Wildman–Crippen MR) is 109 cm³/mol. The van der Waals surface area contributed by atoms with Crippen molar-refractivity contribution < 1.29 is 9.18 Å². The van der Waals surface area contributed by atoms with E-state index in [-0.39, 0.29) is 23.8 Å². The Kier molecular flexibility index (Phi) is 3.70. The van der Waals surface area contributed by atoms with Gasteiger partial charge in [-0.2, -0.15) is 5.10 Å². The molecule has 5 heterocycles. The highest BCUT2D eigenvalue weighted by Crippen LogP contribution is 2.61. The minimum Gasteiger partial charge on any atom is -0.349 e. The van der Waals surface area contributed by atoms with Gasteiger partial charge >= 0.3 is 0 Å². The second-order valence-electron chi connectivity index (χ2n) is 8.91. The van der Waals surface area contributed by atoms with Crippen molar-refractivity contribution in [2.24, 2.45) is 17.8 Å². The molecular weight excluding hydrogens is 383 g/mol. The topological polar surface area (TPSA) is 75.4 Å². The van der Waals surface area contributed by atoms with Crippen molar-refractivity contribution in [3.63, 3.8) is 0 Å². The van der Waals surface area contributed by atoms with Gasteiger partial charge in [-0.25, -0.2) is 13.9 Å². The zero-order valence-electron chi connectivity index (χ0n) is 16.9. The van der Waals surface area contributed by atoms with Gasteiger partial charge in [-0.3, -0.25) is 9.78 Å². The number of fused-ring (bicyclic) bond motifs is 7. The van der Waals surface area contributed by atoms with Crippen LogP contribution in [-0.2, 0) is 6.42 Å². The number of hydrogen-bond donors (Lipinski definition) is 1. The number of anilines is 1. The van der Waals surface area contributed by atoms with Gasteiger partial charge in [-0.05, 0) is 55.2 Å². The van der Waals surface area contributed by atoms with Crippen molar-refractivity contribution >= 4 is 17.4 Å². The van der Waals surface area contributed by atoms with Crippen molar-refractivity contribution in [2.45, 2.75) is 38.8 Å². The lowest BCUT2D eigenvalue weighted by Crippen LogP contribution is -2.33. The molecule has 8 heteroatoms. The predicted octanol–water partition coefficient (Wildman–Crippen LogP) is 2.77. The first-order chi connectivity index (χ1) is 14.5. The van der Waals surface area contributed by atoms with Crippen LogP contribution in [0.15, 0.2) is 30.7 Å². The molecule has 0 radical (unpaired) electrons. The van der Waals surface area contributed by atoms with Crippen molar-refractivity contribution in [1.82, 2.24) is 24.9 Å². The van der Waals surface area contributed by atoms with E-state index in [2.05, 4.69) is 27.2 Å². The summed E-state index contributed by atoms with van der Waals surface area (Å²) >= 11 is 0. The molecule has 154 valence electrons. The first-order valence-corrected chi connectivity index (χ1v) is 10.6. The Morgan fingerprint density at radius 1 is 1.27 bits per heavy atom. The third-order valence-electron chi connectivity index (χ3n) is 7.12. The van der Waals surface area contributed by atoms with Crippen molar-refractivity contribution in [2.75, 3.05) is 11.4 Å². The Bertz CT molecular complexity index is 1180. The fourth-order valence-corrected chi connectivity index (χ4v) is 5.40. The van der Waals surface area contributed by atoms with E-state index in [4.69, 9.17) is 4.98 Å². The second kappa shape index (κ2) is 6.23. The Labute approximate surface area is 173 Å². The Balaban J connectivity index is 1.55. The number of aromatic nitrogens is 4. The normalized spacial score (nSPS) is 30.0. The zero-order chi connectivity index (χ0) is 20.6. The Morgan fingerprint density at radius 2 is 2.13 bits per heavy atom. The van der Waals surface area contributed by atoms with E-state index < -0.39 is 0 Å². The quantitative estimate of drug-likeness (QED) is 0.621. The lowest BCUT2D eigenvalue weighted by atomic mass is 9.96. The smallest absolute Gasteiger partial charge is 0.256 e. The van der Waals surface area contributed by atoms with E-state index in [9.17, 15) is 9.18 Å². The number of nitrogens with zero attached hydrogens (tertiary/aromatic N) is 5. The Hall–Kier alpha value is -3.03. The molecule has 1 N–H and O–H groups in total. The molecule has 2 fully saturated rings. The van der Waals surface area contributed by atoms with E-state index in [0.29, 0.717) is 35.4 Å². The number of halogens is 1. The van der Waals surface area contributed by atoms with Crippen LogP contribution in [0, 0.1) is 23.6 Å². The molecule has 1 amide bonds. The van der Waals surface area contributed by atoms with E-state index in [1.54, 1.807) is 16.8 Å². The molecule has 30 heavy (non-hydrogen) atoms. The van der Waals surface area contributed by atoms with Crippen LogP contribution in [0.1, 0.15) is 47.9 Å². The summed E-state index contributed by atoms with van der Waals surface area (Å²) in [5, 5.41) is 7.33. The van der Waals surface area contributed by atoms with Gasteiger partial charge in [0.2, 0.25) is 0 Å². The molecule has 3 aromatic heterocycles. The van der Waals surface area contributed by atoms with Crippen LogP contribution in [0.5, 0.6) is 0 Å². The van der Waals surface area contributed by atoms with Gasteiger partial charge in [0, 0.05) is 24.5 Å². The zero-order valence-corrected chi connectivity index (χ0v) is 16.9. The maximum Gasteiger partial charge on any atom is 0.256 e. The summed E-state index contributed by atoms with van der Waals surface area (Å²) in [5.74, 6) is 1.96. The first kappa shape index (κ1) is 17.8. The first-order valence-electron chi connectivity index (χ1n) is 10.6. The fourth-order valence-electron chi connectivity index (χ4n) is 5.40. The molecule has 6 rings (SSSR count). The summed E-state index contributed by atoms with van der Waals surface area (Å²) in [6.45, 7) is 5.13. The third kappa shape index (κ3) is 2.55. The average molecular weight is 406 g/mol. The van der Waals surface area contributed by atoms with Crippen LogP contribution in [0.3, 0.4) is 0 Å². The lowest BCUT2D eigenvalue weighted by molar-refractivity contribution is 0.0940. The van der Waals surface area contributed by atoms with Gasteiger partial charge in [-0.1, -0.05) is 6.92 Å². The molecule has 1 saturated heterocycles. The average Bonchev–Trinajstić information content (AvgIpc) is 3.10. The summed E-state index contributed by atoms with van der Waals surface area (Å²) in [6, 6.07) is 3.57. The molecule has 1 saturated carbocycles. The maximum atomic E-state index is 14.3. The van der Waals surface area contributed by atoms with E-state index >= 15 is 0 Å². The lowest BCUT2D eigenvalue weighted by Gasteiger charge is -2.31. The summed E-state index contributed by atoms with van der Waals surface area (Å²) in [5.41, 5.74) is 2.89. The summed E-state index contributed by atoms with van der Waals surface area (Å²) in [7, 11) is 0. The van der Waals surface area contributed by atoms with Gasteiger partial charge in [0.25, 0.3) is 5.91 Å². The molecule has 7 nitrogen and oxygen atoms in total. The van der Waals surface area contributed by atoms with Gasteiger partial charge in [0.1, 0.15) is 17.2 Å². The van der Waals surface area contributed by atoms with Gasteiger partial charge in [-0.15, -0.1) is 0 Å². The number of rotatable bonds is 0. The van der Waals surface area contributed by atoms with E-state index in [1.165, 1.54) is 6.20 Å². The van der Waals surface area contributed by atoms with Crippen LogP contribution in [-0.4, -0.2) is 38.1 Å². The highest BCUT2D eigenvalue weighted by Gasteiger charge is 2.60. The minimum atomic E-state index is -0.308. The molecule has 3 aromatic rings. The van der Waals surface area contributed by atoms with E-state index in [0.717, 1.165) is 30.0 Å². The van der Waals surface area contributed by atoms with Crippen molar-refractivity contribution in [3.05, 3.63) is 53.4 Å². The molecule has 5 atom stereocenters. The molecular formula is C22H23FN6O. The van der Waals surface area contributed by atoms with Crippen molar-refractivity contribution in [3.8, 4) is 0 Å². The Morgan fingerprint density at radius 3 is 3.00 bits per heavy atom. The number of carbonyl (C=O) groups is 1. The van der Waals surface area contributed by atoms with Crippen LogP contribution in [0.4, 0.5) is 10.2 Å². The number of aryl methyl sites for hydroxylation is 1. The van der Waals surface area contributed by atoms with Gasteiger partial charge in [0.15, 0.2) is 5.65 Å². The molecule has 2 bridgehead atoms. The van der Waals surface area contributed by atoms with Crippen molar-refractivity contribution in [1.29, 1.82) is 0 Å². The van der Waals surface area contributed by atoms with Crippen LogP contribution < -0.4 is 10.2 Å². The third-order valence-corrected chi connectivity index (χ3v) is 7.12. The molecule has 2 aliphatic heterocycles. The summed E-state index contributed by atoms with van der Waals surface area (Å²) in [6.07, 6.45) is 6.12. The minimum absolute atomic E-state index is 0.0456. The molecule has 3 unspecified atom stereocenters. The highest BCUT2D eigenvalue weighted by molar-refractivity contribution is 5.99. The number of amides is 1. The number of carbonyl (C=O) groups excluding carboxylic acids is 1. The molecule has 0 aromatic carbocycles. The van der Waals surface area contributed by atoms with Gasteiger partial charge in [0.05, 0.1) is 18.4 Å². The second-order valence-corrected chi connectivity index (χ2v) is 8.91. The largest absolute Gasteiger partial charge is 0.349 e. The fraction of sp³-hybridized carbons (Fsp3) is 0.455. The molecule has 0 spiro atoms. The number of nitrogens with one attached hydrogen (secondary N) is 1. The highest BCUT2D eigenvalue weighted by atomic mass is 19.1. The number of piperidine rings is 1. The molecule has 3 aliphatic rings.